The highest BCUT2D eigenvalue weighted by Gasteiger charge is 2.27. The van der Waals surface area contributed by atoms with Crippen LogP contribution in [0.15, 0.2) is 66.1 Å². The van der Waals surface area contributed by atoms with E-state index in [4.69, 9.17) is 15.6 Å². The molecule has 40 heavy (non-hydrogen) atoms. The number of primary amides is 1. The number of aryl methyl sites for hydroxylation is 2. The fourth-order valence-corrected chi connectivity index (χ4v) is 5.63. The third-order valence-electron chi connectivity index (χ3n) is 6.84. The van der Waals surface area contributed by atoms with Gasteiger partial charge in [-0.05, 0) is 48.7 Å². The summed E-state index contributed by atoms with van der Waals surface area (Å²) in [4.78, 5) is 24.9. The third-order valence-corrected chi connectivity index (χ3v) is 7.56. The zero-order valence-corrected chi connectivity index (χ0v) is 22.2. The summed E-state index contributed by atoms with van der Waals surface area (Å²) in [5.41, 5.74) is 10.8. The van der Waals surface area contributed by atoms with E-state index in [1.807, 2.05) is 35.0 Å². The molecule has 5 aromatic rings. The monoisotopic (exact) mass is 559 g/mol. The number of hydrogen-bond acceptors (Lipinski definition) is 8. The van der Waals surface area contributed by atoms with E-state index in [-0.39, 0.29) is 12.2 Å². The number of rotatable bonds is 8. The van der Waals surface area contributed by atoms with Gasteiger partial charge in [0.2, 0.25) is 10.9 Å². The predicted molar refractivity (Wildman–Crippen MR) is 145 cm³/mol. The van der Waals surface area contributed by atoms with Crippen molar-refractivity contribution in [1.82, 2.24) is 29.3 Å². The van der Waals surface area contributed by atoms with Crippen LogP contribution in [-0.4, -0.2) is 48.2 Å². The number of carbonyl (C=O) groups excluding carboxylic acids is 1. The number of pyridine rings is 2. The molecule has 5 heterocycles. The summed E-state index contributed by atoms with van der Waals surface area (Å²) in [7, 11) is -3.01. The van der Waals surface area contributed by atoms with Crippen LogP contribution in [0.25, 0.3) is 33.4 Å². The standard InChI is InChI=1S/C27H25N7O5S/c1-33-15-24(40(36,37)38)31-27(33)22(14-23(28)35)39-16-7-8-17-18(9-11-30-20(17)13-16)25-21-6-4-12-34(21)32-26(25)19-5-2-3-10-29-19/h2-3,5,7-11,13,15,22H,4,6,12,14H2,1H3,(H2,28,35)(H,36,37,38). The van der Waals surface area contributed by atoms with Gasteiger partial charge in [0.05, 0.1) is 17.6 Å². The maximum absolute atomic E-state index is 11.8. The van der Waals surface area contributed by atoms with Gasteiger partial charge in [-0.25, -0.2) is 4.98 Å². The Bertz CT molecular complexity index is 1870. The zero-order chi connectivity index (χ0) is 28.0. The molecular weight excluding hydrogens is 534 g/mol. The lowest BCUT2D eigenvalue weighted by atomic mass is 9.96. The average molecular weight is 560 g/mol. The maximum atomic E-state index is 11.8. The fraction of sp³-hybridized carbons (Fsp3) is 0.222. The van der Waals surface area contributed by atoms with E-state index in [2.05, 4.69) is 15.0 Å². The lowest BCUT2D eigenvalue weighted by molar-refractivity contribution is -0.119. The van der Waals surface area contributed by atoms with Crippen LogP contribution in [0, 0.1) is 0 Å². The van der Waals surface area contributed by atoms with Crippen molar-refractivity contribution < 1.29 is 22.5 Å². The predicted octanol–water partition coefficient (Wildman–Crippen LogP) is 3.08. The topological polar surface area (TPSA) is 168 Å². The number of fused-ring (bicyclic) bond motifs is 2. The SMILES string of the molecule is Cn1cc(S(=O)(=O)O)nc1C(CC(N)=O)Oc1ccc2c(-c3c(-c4ccccn4)nn4c3CCC4)ccnc2c1. The minimum atomic E-state index is -4.55. The van der Waals surface area contributed by atoms with Crippen LogP contribution in [-0.2, 0) is 34.9 Å². The molecule has 1 atom stereocenters. The lowest BCUT2D eigenvalue weighted by Gasteiger charge is -2.18. The molecule has 1 aromatic carbocycles. The number of aromatic nitrogens is 6. The number of benzene rings is 1. The summed E-state index contributed by atoms with van der Waals surface area (Å²) in [5, 5.41) is 5.22. The number of ether oxygens (including phenoxy) is 1. The molecule has 13 heteroatoms. The summed E-state index contributed by atoms with van der Waals surface area (Å²) < 4.78 is 42.1. The van der Waals surface area contributed by atoms with Crippen LogP contribution in [0.5, 0.6) is 5.75 Å². The summed E-state index contributed by atoms with van der Waals surface area (Å²) in [6.07, 6.45) is 5.27. The zero-order valence-electron chi connectivity index (χ0n) is 21.4. The molecule has 1 unspecified atom stereocenters. The van der Waals surface area contributed by atoms with Crippen LogP contribution in [0.3, 0.4) is 0 Å². The molecule has 0 spiro atoms. The smallest absolute Gasteiger partial charge is 0.313 e. The molecule has 6 rings (SSSR count). The molecule has 0 radical (unpaired) electrons. The van der Waals surface area contributed by atoms with Crippen molar-refractivity contribution >= 4 is 26.9 Å². The molecule has 4 aromatic heterocycles. The van der Waals surface area contributed by atoms with Crippen molar-refractivity contribution in [2.75, 3.05) is 0 Å². The minimum Gasteiger partial charge on any atom is -0.482 e. The Hall–Kier alpha value is -4.62. The summed E-state index contributed by atoms with van der Waals surface area (Å²) in [6, 6.07) is 13.1. The highest BCUT2D eigenvalue weighted by Crippen LogP contribution is 2.40. The largest absolute Gasteiger partial charge is 0.482 e. The number of amides is 1. The van der Waals surface area contributed by atoms with Crippen molar-refractivity contribution in [2.45, 2.75) is 36.9 Å². The summed E-state index contributed by atoms with van der Waals surface area (Å²) in [5.74, 6) is -0.173. The quantitative estimate of drug-likeness (QED) is 0.271. The van der Waals surface area contributed by atoms with Crippen LogP contribution < -0.4 is 10.5 Å². The van der Waals surface area contributed by atoms with Gasteiger partial charge in [0.15, 0.2) is 11.9 Å². The molecule has 0 aliphatic carbocycles. The molecular formula is C27H25N7O5S. The normalized spacial score (nSPS) is 13.8. The first-order chi connectivity index (χ1) is 19.2. The Kier molecular flexibility index (Phi) is 6.31. The van der Waals surface area contributed by atoms with Gasteiger partial charge in [0.25, 0.3) is 0 Å². The van der Waals surface area contributed by atoms with E-state index in [0.29, 0.717) is 11.3 Å². The maximum Gasteiger partial charge on any atom is 0.313 e. The highest BCUT2D eigenvalue weighted by atomic mass is 32.2. The van der Waals surface area contributed by atoms with Gasteiger partial charge in [-0.2, -0.15) is 13.5 Å². The summed E-state index contributed by atoms with van der Waals surface area (Å²) in [6.45, 7) is 0.851. The first kappa shape index (κ1) is 25.6. The van der Waals surface area contributed by atoms with E-state index < -0.39 is 27.2 Å². The van der Waals surface area contributed by atoms with Crippen LogP contribution in [0.1, 0.15) is 30.5 Å². The van der Waals surface area contributed by atoms with Crippen molar-refractivity contribution in [3.8, 4) is 28.3 Å². The van der Waals surface area contributed by atoms with Gasteiger partial charge < -0.3 is 15.0 Å². The number of carbonyl (C=O) groups is 1. The van der Waals surface area contributed by atoms with Crippen molar-refractivity contribution in [3.63, 3.8) is 0 Å². The average Bonchev–Trinajstić information content (AvgIpc) is 3.62. The molecule has 0 bridgehead atoms. The molecule has 3 N–H and O–H groups in total. The molecule has 0 fully saturated rings. The lowest BCUT2D eigenvalue weighted by Crippen LogP contribution is -2.21. The van der Waals surface area contributed by atoms with Crippen molar-refractivity contribution in [1.29, 1.82) is 0 Å². The van der Waals surface area contributed by atoms with E-state index in [9.17, 15) is 17.8 Å². The number of hydrogen-bond donors (Lipinski definition) is 2. The second-order valence-corrected chi connectivity index (χ2v) is 10.9. The Morgan fingerprint density at radius 2 is 2.02 bits per heavy atom. The number of nitrogens with zero attached hydrogens (tertiary/aromatic N) is 6. The van der Waals surface area contributed by atoms with E-state index >= 15 is 0 Å². The second kappa shape index (κ2) is 9.84. The van der Waals surface area contributed by atoms with E-state index in [1.165, 1.54) is 11.6 Å². The number of imidazole rings is 1. The molecule has 1 aliphatic heterocycles. The van der Waals surface area contributed by atoms with Gasteiger partial charge >= 0.3 is 10.1 Å². The Labute approximate surface area is 229 Å². The highest BCUT2D eigenvalue weighted by molar-refractivity contribution is 7.85. The Morgan fingerprint density at radius 3 is 2.75 bits per heavy atom. The molecule has 0 saturated heterocycles. The molecule has 1 amide bonds. The van der Waals surface area contributed by atoms with Crippen LogP contribution in [0.2, 0.25) is 0 Å². The van der Waals surface area contributed by atoms with Crippen LogP contribution in [0.4, 0.5) is 0 Å². The van der Waals surface area contributed by atoms with Gasteiger partial charge in [-0.1, -0.05) is 6.07 Å². The minimum absolute atomic E-state index is 0.115. The molecule has 0 saturated carbocycles. The molecule has 204 valence electrons. The van der Waals surface area contributed by atoms with Crippen molar-refractivity contribution in [3.05, 3.63) is 72.6 Å². The first-order valence-electron chi connectivity index (χ1n) is 12.5. The van der Waals surface area contributed by atoms with E-state index in [1.54, 1.807) is 24.5 Å². The molecule has 1 aliphatic rings. The van der Waals surface area contributed by atoms with Crippen molar-refractivity contribution in [2.24, 2.45) is 12.8 Å². The van der Waals surface area contributed by atoms with Gasteiger partial charge in [-0.3, -0.25) is 24.0 Å². The number of nitrogens with two attached hydrogens (primary N) is 1. The first-order valence-corrected chi connectivity index (χ1v) is 14.0. The van der Waals surface area contributed by atoms with Gasteiger partial charge in [0.1, 0.15) is 11.4 Å². The second-order valence-electron chi connectivity index (χ2n) is 9.55. The Balaban J connectivity index is 1.41. The van der Waals surface area contributed by atoms with Crippen LogP contribution >= 0.6 is 0 Å². The third kappa shape index (κ3) is 4.69. The fourth-order valence-electron chi connectivity index (χ4n) is 5.12. The van der Waals surface area contributed by atoms with E-state index in [0.717, 1.165) is 59.2 Å². The Morgan fingerprint density at radius 1 is 1.18 bits per heavy atom. The summed E-state index contributed by atoms with van der Waals surface area (Å²) >= 11 is 0. The van der Waals surface area contributed by atoms with Gasteiger partial charge in [0, 0.05) is 54.9 Å². The molecule has 12 nitrogen and oxygen atoms in total. The van der Waals surface area contributed by atoms with Gasteiger partial charge in [-0.15, -0.1) is 0 Å².